The molecule has 0 unspecified atom stereocenters. The summed E-state index contributed by atoms with van der Waals surface area (Å²) in [6, 6.07) is 9.64. The van der Waals surface area contributed by atoms with E-state index in [2.05, 4.69) is 5.32 Å². The molecule has 0 spiro atoms. The molecule has 0 aliphatic heterocycles. The number of nitrogens with one attached hydrogen (secondary N) is 1. The molecule has 2 N–H and O–H groups in total. The molecule has 3 nitrogen and oxygen atoms in total. The van der Waals surface area contributed by atoms with Crippen molar-refractivity contribution < 1.29 is 21.9 Å². The molecule has 0 aliphatic rings. The highest BCUT2D eigenvalue weighted by Crippen LogP contribution is 2.29. The van der Waals surface area contributed by atoms with E-state index < -0.39 is 0 Å². The zero-order chi connectivity index (χ0) is 13.0. The van der Waals surface area contributed by atoms with Crippen LogP contribution in [0.15, 0.2) is 34.7 Å². The molecule has 2 aromatic rings. The molecule has 1 aromatic heterocycles. The summed E-state index contributed by atoms with van der Waals surface area (Å²) in [5.74, 6) is 1.66. The first-order chi connectivity index (χ1) is 8.72. The number of rotatable bonds is 5. The Hall–Kier alpha value is -1.00. The van der Waals surface area contributed by atoms with Gasteiger partial charge in [0.05, 0.1) is 13.2 Å². The third-order valence-electron chi connectivity index (χ3n) is 2.78. The highest BCUT2D eigenvalue weighted by Gasteiger charge is 2.09. The lowest BCUT2D eigenvalue weighted by molar-refractivity contribution is -0.00000530. The van der Waals surface area contributed by atoms with Gasteiger partial charge in [-0.3, -0.25) is 0 Å². The Morgan fingerprint density at radius 3 is 2.79 bits per heavy atom. The molecule has 0 atom stereocenters. The fourth-order valence-electron chi connectivity index (χ4n) is 1.78. The maximum atomic E-state index is 8.69. The van der Waals surface area contributed by atoms with Gasteiger partial charge in [0.15, 0.2) is 0 Å². The number of aliphatic hydroxyl groups excluding tert-OH is 1. The van der Waals surface area contributed by atoms with E-state index in [0.717, 1.165) is 27.7 Å². The Balaban J connectivity index is 0.00000180. The van der Waals surface area contributed by atoms with Crippen molar-refractivity contribution in [1.82, 2.24) is 5.32 Å². The standard InChI is InChI=1S/C14H16ClNO2.ClH/c1-10-12(3-2-4-13(10)15)14-6-5-11(18-14)9-16-7-8-17;/h2-6,16-17H,7-9H2,1H3;1H/p-1. The SMILES string of the molecule is Cc1c(Cl)cccc1-c1ccc(CNCCO)o1.[Cl-]. The summed E-state index contributed by atoms with van der Waals surface area (Å²) < 4.78 is 5.75. The number of aliphatic hydroxyl groups is 1. The Morgan fingerprint density at radius 2 is 2.05 bits per heavy atom. The van der Waals surface area contributed by atoms with Crippen LogP contribution in [0.4, 0.5) is 0 Å². The van der Waals surface area contributed by atoms with Gasteiger partial charge >= 0.3 is 0 Å². The molecule has 0 aliphatic carbocycles. The molecular formula is C14H16Cl2NO2-. The number of benzene rings is 1. The number of hydrogen-bond donors (Lipinski definition) is 2. The van der Waals surface area contributed by atoms with Crippen LogP contribution in [0.3, 0.4) is 0 Å². The summed E-state index contributed by atoms with van der Waals surface area (Å²) in [5.41, 5.74) is 2.03. The van der Waals surface area contributed by atoms with Gasteiger partial charge in [-0.2, -0.15) is 0 Å². The van der Waals surface area contributed by atoms with Crippen LogP contribution in [-0.4, -0.2) is 18.3 Å². The van der Waals surface area contributed by atoms with E-state index in [1.165, 1.54) is 0 Å². The predicted molar refractivity (Wildman–Crippen MR) is 72.7 cm³/mol. The van der Waals surface area contributed by atoms with E-state index in [1.54, 1.807) is 0 Å². The number of halogens is 2. The first-order valence-electron chi connectivity index (χ1n) is 5.88. The summed E-state index contributed by atoms with van der Waals surface area (Å²) in [5, 5.41) is 12.5. The second kappa shape index (κ2) is 7.56. The zero-order valence-corrected chi connectivity index (χ0v) is 12.1. The molecule has 0 saturated carbocycles. The molecule has 0 bridgehead atoms. The van der Waals surface area contributed by atoms with Gasteiger partial charge in [0.2, 0.25) is 0 Å². The van der Waals surface area contributed by atoms with Crippen LogP contribution in [0.2, 0.25) is 5.02 Å². The van der Waals surface area contributed by atoms with Crippen molar-refractivity contribution in [1.29, 1.82) is 0 Å². The topological polar surface area (TPSA) is 45.4 Å². The van der Waals surface area contributed by atoms with Gasteiger partial charge in [-0.15, -0.1) is 0 Å². The van der Waals surface area contributed by atoms with E-state index in [9.17, 15) is 0 Å². The van der Waals surface area contributed by atoms with Gasteiger partial charge in [-0.25, -0.2) is 0 Å². The van der Waals surface area contributed by atoms with Crippen molar-refractivity contribution in [3.63, 3.8) is 0 Å². The lowest BCUT2D eigenvalue weighted by Crippen LogP contribution is -3.00. The van der Waals surface area contributed by atoms with Crippen molar-refractivity contribution in [2.75, 3.05) is 13.2 Å². The maximum Gasteiger partial charge on any atom is 0.134 e. The van der Waals surface area contributed by atoms with Crippen LogP contribution in [-0.2, 0) is 6.54 Å². The highest BCUT2D eigenvalue weighted by atomic mass is 35.5. The third kappa shape index (κ3) is 3.98. The summed E-state index contributed by atoms with van der Waals surface area (Å²) in [7, 11) is 0. The van der Waals surface area contributed by atoms with E-state index in [-0.39, 0.29) is 19.0 Å². The summed E-state index contributed by atoms with van der Waals surface area (Å²) >= 11 is 6.09. The lowest BCUT2D eigenvalue weighted by Gasteiger charge is -2.04. The van der Waals surface area contributed by atoms with Crippen molar-refractivity contribution in [3.05, 3.63) is 46.7 Å². The van der Waals surface area contributed by atoms with Crippen molar-refractivity contribution in [3.8, 4) is 11.3 Å². The van der Waals surface area contributed by atoms with Crippen LogP contribution in [0.25, 0.3) is 11.3 Å². The van der Waals surface area contributed by atoms with Crippen LogP contribution >= 0.6 is 11.6 Å². The quantitative estimate of drug-likeness (QED) is 0.764. The minimum atomic E-state index is 0. The van der Waals surface area contributed by atoms with Gasteiger partial charge in [0.1, 0.15) is 11.5 Å². The van der Waals surface area contributed by atoms with Crippen molar-refractivity contribution in [2.24, 2.45) is 0 Å². The minimum absolute atomic E-state index is 0. The molecular weight excluding hydrogens is 285 g/mol. The number of hydrogen-bond acceptors (Lipinski definition) is 3. The van der Waals surface area contributed by atoms with Crippen LogP contribution in [0.5, 0.6) is 0 Å². The van der Waals surface area contributed by atoms with Crippen LogP contribution in [0.1, 0.15) is 11.3 Å². The van der Waals surface area contributed by atoms with Gasteiger partial charge in [-0.1, -0.05) is 23.7 Å². The van der Waals surface area contributed by atoms with Crippen LogP contribution in [0, 0.1) is 6.92 Å². The monoisotopic (exact) mass is 300 g/mol. The summed E-state index contributed by atoms with van der Waals surface area (Å²) in [6.45, 7) is 3.28. The van der Waals surface area contributed by atoms with Gasteiger partial charge in [0.25, 0.3) is 0 Å². The Labute approximate surface area is 124 Å². The average Bonchev–Trinajstić information content (AvgIpc) is 2.82. The molecule has 19 heavy (non-hydrogen) atoms. The van der Waals surface area contributed by atoms with Gasteiger partial charge < -0.3 is 27.2 Å². The second-order valence-corrected chi connectivity index (χ2v) is 4.49. The molecule has 1 heterocycles. The fourth-order valence-corrected chi connectivity index (χ4v) is 1.96. The smallest absolute Gasteiger partial charge is 0.134 e. The highest BCUT2D eigenvalue weighted by molar-refractivity contribution is 6.31. The molecule has 5 heteroatoms. The molecule has 1 aromatic carbocycles. The normalized spacial score (nSPS) is 10.3. The minimum Gasteiger partial charge on any atom is -1.00 e. The van der Waals surface area contributed by atoms with Gasteiger partial charge in [0, 0.05) is 17.1 Å². The average molecular weight is 301 g/mol. The summed E-state index contributed by atoms with van der Waals surface area (Å²) in [6.07, 6.45) is 0. The summed E-state index contributed by atoms with van der Waals surface area (Å²) in [4.78, 5) is 0. The predicted octanol–water partition coefficient (Wildman–Crippen LogP) is -0.00568. The molecule has 0 amide bonds. The first-order valence-corrected chi connectivity index (χ1v) is 6.26. The van der Waals surface area contributed by atoms with E-state index >= 15 is 0 Å². The molecule has 0 fully saturated rings. The van der Waals surface area contributed by atoms with Gasteiger partial charge in [-0.05, 0) is 30.7 Å². The lowest BCUT2D eigenvalue weighted by atomic mass is 10.1. The van der Waals surface area contributed by atoms with E-state index in [4.69, 9.17) is 21.1 Å². The zero-order valence-electron chi connectivity index (χ0n) is 10.6. The number of furan rings is 1. The maximum absolute atomic E-state index is 8.69. The van der Waals surface area contributed by atoms with Crippen molar-refractivity contribution >= 4 is 11.6 Å². The Morgan fingerprint density at radius 1 is 1.26 bits per heavy atom. The Bertz CT molecular complexity index is 526. The molecule has 0 saturated heterocycles. The van der Waals surface area contributed by atoms with E-state index in [1.807, 2.05) is 37.3 Å². The Kier molecular flexibility index (Phi) is 6.38. The largest absolute Gasteiger partial charge is 1.00 e. The second-order valence-electron chi connectivity index (χ2n) is 4.08. The van der Waals surface area contributed by atoms with Crippen molar-refractivity contribution in [2.45, 2.75) is 13.5 Å². The molecule has 0 radical (unpaired) electrons. The van der Waals surface area contributed by atoms with E-state index in [0.29, 0.717) is 13.1 Å². The molecule has 2 rings (SSSR count). The molecule has 104 valence electrons. The first kappa shape index (κ1) is 16.1. The third-order valence-corrected chi connectivity index (χ3v) is 3.19. The van der Waals surface area contributed by atoms with Crippen LogP contribution < -0.4 is 17.7 Å². The fraction of sp³-hybridized carbons (Fsp3) is 0.286.